The lowest BCUT2D eigenvalue weighted by molar-refractivity contribution is -0.140. The van der Waals surface area contributed by atoms with Crippen LogP contribution >= 0.6 is 0 Å². The van der Waals surface area contributed by atoms with Crippen LogP contribution in [0.1, 0.15) is 33.9 Å². The van der Waals surface area contributed by atoms with E-state index in [0.29, 0.717) is 22.6 Å². The lowest BCUT2D eigenvalue weighted by Gasteiger charge is -2.25. The Kier molecular flexibility index (Phi) is 8.12. The third-order valence-corrected chi connectivity index (χ3v) is 6.47. The summed E-state index contributed by atoms with van der Waals surface area (Å²) in [7, 11) is 3.01. The number of likely N-dealkylation sites (tertiary alicyclic amines) is 1. The molecule has 1 heterocycles. The minimum atomic E-state index is -0.832. The summed E-state index contributed by atoms with van der Waals surface area (Å²) >= 11 is 0. The lowest BCUT2D eigenvalue weighted by Crippen LogP contribution is -2.32. The highest BCUT2D eigenvalue weighted by Crippen LogP contribution is 2.42. The lowest BCUT2D eigenvalue weighted by atomic mass is 9.93. The minimum absolute atomic E-state index is 0.0191. The Morgan fingerprint density at radius 3 is 2.32 bits per heavy atom. The fourth-order valence-corrected chi connectivity index (χ4v) is 4.69. The van der Waals surface area contributed by atoms with Crippen LogP contribution in [-0.4, -0.2) is 49.1 Å². The minimum Gasteiger partial charge on any atom is -0.507 e. The monoisotopic (exact) mass is 519 g/mol. The molecule has 1 fully saturated rings. The van der Waals surface area contributed by atoms with Crippen molar-refractivity contribution in [1.82, 2.24) is 4.90 Å². The van der Waals surface area contributed by atoms with Crippen LogP contribution in [0, 0.1) is 19.7 Å². The topological polar surface area (TPSA) is 85.3 Å². The SMILES string of the molecule is COCCN1C(=O)C(=O)/C(=C(/O)c2cc(C)cc(C)c2OC)C1c1ccc(OCc2ccc(F)cc2)cc1. The van der Waals surface area contributed by atoms with E-state index >= 15 is 0 Å². The van der Waals surface area contributed by atoms with Crippen molar-refractivity contribution in [2.24, 2.45) is 0 Å². The van der Waals surface area contributed by atoms with Gasteiger partial charge in [-0.15, -0.1) is 0 Å². The number of rotatable bonds is 9. The highest BCUT2D eigenvalue weighted by atomic mass is 19.1. The van der Waals surface area contributed by atoms with E-state index < -0.39 is 17.7 Å². The van der Waals surface area contributed by atoms with Crippen LogP contribution in [0.2, 0.25) is 0 Å². The van der Waals surface area contributed by atoms with Crippen molar-refractivity contribution in [3.63, 3.8) is 0 Å². The summed E-state index contributed by atoms with van der Waals surface area (Å²) in [6, 6.07) is 15.8. The molecule has 0 aliphatic carbocycles. The van der Waals surface area contributed by atoms with Crippen molar-refractivity contribution in [3.8, 4) is 11.5 Å². The van der Waals surface area contributed by atoms with Crippen molar-refractivity contribution in [3.05, 3.63) is 99.9 Å². The zero-order valence-corrected chi connectivity index (χ0v) is 21.8. The first kappa shape index (κ1) is 26.9. The van der Waals surface area contributed by atoms with Gasteiger partial charge in [0.15, 0.2) is 0 Å². The summed E-state index contributed by atoms with van der Waals surface area (Å²) in [4.78, 5) is 27.7. The molecule has 3 aromatic carbocycles. The van der Waals surface area contributed by atoms with Gasteiger partial charge in [0, 0.05) is 13.7 Å². The summed E-state index contributed by atoms with van der Waals surface area (Å²) in [6.45, 7) is 4.35. The number of carbonyl (C=O) groups excluding carboxylic acids is 2. The number of aliphatic hydroxyl groups excluding tert-OH is 1. The maximum Gasteiger partial charge on any atom is 0.295 e. The molecule has 0 bridgehead atoms. The Bertz CT molecular complexity index is 1360. The van der Waals surface area contributed by atoms with E-state index in [0.717, 1.165) is 16.7 Å². The number of benzene rings is 3. The number of Topliss-reactive ketones (excluding diaryl/α,β-unsaturated/α-hetero) is 1. The van der Waals surface area contributed by atoms with Crippen LogP contribution in [-0.2, 0) is 20.9 Å². The molecule has 1 aliphatic heterocycles. The molecule has 198 valence electrons. The number of aliphatic hydroxyl groups is 1. The Labute approximate surface area is 221 Å². The molecule has 8 heteroatoms. The first-order valence-electron chi connectivity index (χ1n) is 12.1. The number of hydrogen-bond donors (Lipinski definition) is 1. The highest BCUT2D eigenvalue weighted by molar-refractivity contribution is 6.46. The second kappa shape index (κ2) is 11.5. The van der Waals surface area contributed by atoms with Crippen molar-refractivity contribution in [2.45, 2.75) is 26.5 Å². The molecule has 7 nitrogen and oxygen atoms in total. The van der Waals surface area contributed by atoms with Crippen molar-refractivity contribution in [1.29, 1.82) is 0 Å². The molecule has 1 amide bonds. The highest BCUT2D eigenvalue weighted by Gasteiger charge is 2.46. The molecule has 3 aromatic rings. The summed E-state index contributed by atoms with van der Waals surface area (Å²) < 4.78 is 29.7. The number of amides is 1. The van der Waals surface area contributed by atoms with Crippen LogP contribution < -0.4 is 9.47 Å². The molecule has 4 rings (SSSR count). The van der Waals surface area contributed by atoms with E-state index in [9.17, 15) is 19.1 Å². The average molecular weight is 520 g/mol. The molecular formula is C30H30FNO6. The number of halogens is 1. The predicted octanol–water partition coefficient (Wildman–Crippen LogP) is 5.10. The van der Waals surface area contributed by atoms with Gasteiger partial charge in [-0.25, -0.2) is 4.39 Å². The van der Waals surface area contributed by atoms with Crippen molar-refractivity contribution < 1.29 is 33.3 Å². The van der Waals surface area contributed by atoms with Crippen LogP contribution in [0.25, 0.3) is 5.76 Å². The van der Waals surface area contributed by atoms with Gasteiger partial charge in [-0.1, -0.05) is 30.3 Å². The van der Waals surface area contributed by atoms with E-state index in [-0.39, 0.29) is 36.9 Å². The quantitative estimate of drug-likeness (QED) is 0.241. The van der Waals surface area contributed by atoms with Crippen LogP contribution in [0.5, 0.6) is 11.5 Å². The van der Waals surface area contributed by atoms with Crippen LogP contribution in [0.3, 0.4) is 0 Å². The van der Waals surface area contributed by atoms with Gasteiger partial charge in [0.2, 0.25) is 0 Å². The third-order valence-electron chi connectivity index (χ3n) is 6.47. The number of methoxy groups -OCH3 is 2. The fraction of sp³-hybridized carbons (Fsp3) is 0.267. The van der Waals surface area contributed by atoms with E-state index in [1.54, 1.807) is 42.5 Å². The van der Waals surface area contributed by atoms with Crippen LogP contribution in [0.4, 0.5) is 4.39 Å². The molecule has 1 saturated heterocycles. The van der Waals surface area contributed by atoms with E-state index in [2.05, 4.69) is 0 Å². The number of nitrogens with zero attached hydrogens (tertiary/aromatic N) is 1. The summed E-state index contributed by atoms with van der Waals surface area (Å²) in [6.07, 6.45) is 0. The van der Waals surface area contributed by atoms with E-state index in [1.165, 1.54) is 31.3 Å². The number of ketones is 1. The molecule has 1 atom stereocenters. The number of hydrogen-bond acceptors (Lipinski definition) is 6. The average Bonchev–Trinajstić information content (AvgIpc) is 3.16. The predicted molar refractivity (Wildman–Crippen MR) is 141 cm³/mol. The Balaban J connectivity index is 1.73. The normalized spacial score (nSPS) is 16.7. The fourth-order valence-electron chi connectivity index (χ4n) is 4.69. The second-order valence-electron chi connectivity index (χ2n) is 9.13. The largest absolute Gasteiger partial charge is 0.507 e. The second-order valence-corrected chi connectivity index (χ2v) is 9.13. The maximum absolute atomic E-state index is 13.3. The first-order valence-corrected chi connectivity index (χ1v) is 12.1. The molecule has 1 aliphatic rings. The molecule has 0 aromatic heterocycles. The number of carbonyl (C=O) groups is 2. The van der Waals surface area contributed by atoms with E-state index in [4.69, 9.17) is 14.2 Å². The summed E-state index contributed by atoms with van der Waals surface area (Å²) in [5.74, 6) is -1.12. The van der Waals surface area contributed by atoms with Gasteiger partial charge in [0.1, 0.15) is 29.7 Å². The van der Waals surface area contributed by atoms with Gasteiger partial charge in [-0.05, 0) is 66.4 Å². The van der Waals surface area contributed by atoms with Gasteiger partial charge in [0.25, 0.3) is 11.7 Å². The van der Waals surface area contributed by atoms with Gasteiger partial charge in [-0.2, -0.15) is 0 Å². The first-order chi connectivity index (χ1) is 18.2. The van der Waals surface area contributed by atoms with Gasteiger partial charge in [-0.3, -0.25) is 9.59 Å². The Morgan fingerprint density at radius 1 is 1.00 bits per heavy atom. The number of aryl methyl sites for hydroxylation is 2. The zero-order valence-electron chi connectivity index (χ0n) is 21.8. The summed E-state index contributed by atoms with van der Waals surface area (Å²) in [5, 5.41) is 11.4. The Morgan fingerprint density at radius 2 is 1.68 bits per heavy atom. The van der Waals surface area contributed by atoms with Gasteiger partial charge in [0.05, 0.1) is 30.9 Å². The molecule has 0 spiro atoms. The summed E-state index contributed by atoms with van der Waals surface area (Å²) in [5.41, 5.74) is 3.43. The standard InChI is InChI=1S/C30H30FNO6/c1-18-15-19(2)29(37-4)24(16-18)27(33)25-26(32(13-14-36-3)30(35)28(25)34)21-7-11-23(12-8-21)38-17-20-5-9-22(31)10-6-20/h5-12,15-16,26,33H,13-14,17H2,1-4H3/b27-25+. The van der Waals surface area contributed by atoms with Gasteiger partial charge >= 0.3 is 0 Å². The maximum atomic E-state index is 13.3. The molecule has 0 saturated carbocycles. The molecule has 1 unspecified atom stereocenters. The molecule has 0 radical (unpaired) electrons. The van der Waals surface area contributed by atoms with Crippen molar-refractivity contribution >= 4 is 17.4 Å². The number of ether oxygens (including phenoxy) is 3. The van der Waals surface area contributed by atoms with E-state index in [1.807, 2.05) is 19.9 Å². The third kappa shape index (κ3) is 5.40. The van der Waals surface area contributed by atoms with Crippen LogP contribution in [0.15, 0.2) is 66.2 Å². The zero-order chi connectivity index (χ0) is 27.4. The molecule has 38 heavy (non-hydrogen) atoms. The Hall–Kier alpha value is -4.17. The molecule has 1 N–H and O–H groups in total. The molecular weight excluding hydrogens is 489 g/mol. The van der Waals surface area contributed by atoms with Crippen molar-refractivity contribution in [2.75, 3.05) is 27.4 Å². The smallest absolute Gasteiger partial charge is 0.295 e. The van der Waals surface area contributed by atoms with Gasteiger partial charge < -0.3 is 24.2 Å².